The summed E-state index contributed by atoms with van der Waals surface area (Å²) in [6, 6.07) is 10.2. The van der Waals surface area contributed by atoms with Crippen molar-refractivity contribution in [2.45, 2.75) is 44.0 Å². The molecule has 0 radical (unpaired) electrons. The fraction of sp³-hybridized carbons (Fsp3) is 0.364. The second-order valence-electron chi connectivity index (χ2n) is 7.95. The lowest BCUT2D eigenvalue weighted by Crippen LogP contribution is -2.51. The minimum Gasteiger partial charge on any atom is -0.449 e. The van der Waals surface area contributed by atoms with Crippen molar-refractivity contribution in [1.82, 2.24) is 4.90 Å². The molecule has 12 heteroatoms. The molecule has 34 heavy (non-hydrogen) atoms. The molecule has 2 aromatic carbocycles. The van der Waals surface area contributed by atoms with Crippen molar-refractivity contribution in [3.05, 3.63) is 64.2 Å². The van der Waals surface area contributed by atoms with Crippen LogP contribution in [-0.4, -0.2) is 61.5 Å². The number of para-hydroxylation sites is 1. The van der Waals surface area contributed by atoms with E-state index in [9.17, 15) is 28.1 Å². The summed E-state index contributed by atoms with van der Waals surface area (Å²) >= 11 is 0. The first kappa shape index (κ1) is 25.1. The zero-order valence-electron chi connectivity index (χ0n) is 18.8. The normalized spacial score (nSPS) is 19.2. The van der Waals surface area contributed by atoms with E-state index in [0.717, 1.165) is 6.07 Å². The molecule has 11 nitrogen and oxygen atoms in total. The summed E-state index contributed by atoms with van der Waals surface area (Å²) in [5.74, 6) is -1.28. The Hall–Kier alpha value is -3.51. The third-order valence-electron chi connectivity index (χ3n) is 5.09. The molecule has 3 rings (SSSR count). The first-order valence-corrected chi connectivity index (χ1v) is 12.0. The average Bonchev–Trinajstić information content (AvgIpc) is 2.78. The maximum Gasteiger partial charge on any atom is 0.341 e. The van der Waals surface area contributed by atoms with Crippen LogP contribution in [0.15, 0.2) is 53.4 Å². The Morgan fingerprint density at radius 3 is 2.44 bits per heavy atom. The molecule has 1 N–H and O–H groups in total. The summed E-state index contributed by atoms with van der Waals surface area (Å²) in [7, 11) is -4.25. The van der Waals surface area contributed by atoms with Gasteiger partial charge in [0, 0.05) is 25.2 Å². The lowest BCUT2D eigenvalue weighted by Gasteiger charge is -2.36. The van der Waals surface area contributed by atoms with Gasteiger partial charge in [-0.25, -0.2) is 13.2 Å². The molecule has 1 heterocycles. The number of non-ortho nitro benzene ring substituents is 1. The Labute approximate surface area is 196 Å². The maximum absolute atomic E-state index is 12.8. The zero-order valence-corrected chi connectivity index (χ0v) is 19.7. The highest BCUT2D eigenvalue weighted by atomic mass is 32.2. The van der Waals surface area contributed by atoms with Gasteiger partial charge in [0.2, 0.25) is 0 Å². The van der Waals surface area contributed by atoms with Gasteiger partial charge in [0.25, 0.3) is 21.6 Å². The van der Waals surface area contributed by atoms with Crippen LogP contribution in [0.2, 0.25) is 0 Å². The van der Waals surface area contributed by atoms with E-state index in [1.165, 1.54) is 49.4 Å². The molecule has 0 aromatic heterocycles. The Balaban J connectivity index is 1.77. The molecule has 0 saturated carbocycles. The molecular weight excluding hydrogens is 466 g/mol. The summed E-state index contributed by atoms with van der Waals surface area (Å²) in [6.07, 6.45) is -1.41. The zero-order chi connectivity index (χ0) is 25.0. The number of benzene rings is 2. The van der Waals surface area contributed by atoms with E-state index in [2.05, 4.69) is 4.72 Å². The molecule has 3 atom stereocenters. The number of nitro benzene ring substituents is 1. The third-order valence-corrected chi connectivity index (χ3v) is 6.46. The number of carbonyl (C=O) groups excluding carboxylic acids is 2. The van der Waals surface area contributed by atoms with Crippen LogP contribution in [0.1, 0.15) is 31.1 Å². The number of anilines is 1. The van der Waals surface area contributed by atoms with Crippen molar-refractivity contribution in [3.8, 4) is 0 Å². The predicted octanol–water partition coefficient (Wildman–Crippen LogP) is 2.58. The highest BCUT2D eigenvalue weighted by Crippen LogP contribution is 2.24. The smallest absolute Gasteiger partial charge is 0.341 e. The van der Waals surface area contributed by atoms with Crippen molar-refractivity contribution in [3.63, 3.8) is 0 Å². The Morgan fingerprint density at radius 1 is 1.15 bits per heavy atom. The quantitative estimate of drug-likeness (QED) is 0.353. The van der Waals surface area contributed by atoms with Gasteiger partial charge in [-0.05, 0) is 39.0 Å². The van der Waals surface area contributed by atoms with Gasteiger partial charge in [0.15, 0.2) is 6.10 Å². The van der Waals surface area contributed by atoms with Crippen molar-refractivity contribution < 1.29 is 32.4 Å². The SMILES string of the molecule is CC1CN(C(=O)C(C)OC(=O)c2ccccc2NS(=O)(=O)c2cccc([N+](=O)[O-])c2)CC(C)O1. The number of nitro groups is 1. The third kappa shape index (κ3) is 5.88. The topological polar surface area (TPSA) is 145 Å². The Morgan fingerprint density at radius 2 is 1.79 bits per heavy atom. The van der Waals surface area contributed by atoms with Gasteiger partial charge in [-0.2, -0.15) is 0 Å². The summed E-state index contributed by atoms with van der Waals surface area (Å²) < 4.78 is 38.8. The number of esters is 1. The second kappa shape index (κ2) is 10.2. The van der Waals surface area contributed by atoms with Crippen LogP contribution in [0.4, 0.5) is 11.4 Å². The number of morpholine rings is 1. The standard InChI is InChI=1S/C22H25N3O8S/c1-14-12-24(13-15(2)32-14)21(26)16(3)33-22(27)19-9-4-5-10-20(19)23-34(30,31)18-8-6-7-17(11-18)25(28)29/h4-11,14-16,23H,12-13H2,1-3H3. The first-order chi connectivity index (χ1) is 16.0. The second-order valence-corrected chi connectivity index (χ2v) is 9.64. The summed E-state index contributed by atoms with van der Waals surface area (Å²) in [5.41, 5.74) is -0.596. The number of nitrogens with zero attached hydrogens (tertiary/aromatic N) is 2. The van der Waals surface area contributed by atoms with E-state index < -0.39 is 32.7 Å². The van der Waals surface area contributed by atoms with Gasteiger partial charge in [-0.15, -0.1) is 0 Å². The molecule has 0 spiro atoms. The Bertz CT molecular complexity index is 1190. The lowest BCUT2D eigenvalue weighted by molar-refractivity contribution is -0.385. The highest BCUT2D eigenvalue weighted by molar-refractivity contribution is 7.92. The molecule has 0 bridgehead atoms. The number of rotatable bonds is 7. The molecule has 0 aliphatic carbocycles. The van der Waals surface area contributed by atoms with E-state index in [4.69, 9.17) is 9.47 Å². The van der Waals surface area contributed by atoms with Crippen molar-refractivity contribution in [1.29, 1.82) is 0 Å². The number of nitrogens with one attached hydrogen (secondary N) is 1. The van der Waals surface area contributed by atoms with Crippen molar-refractivity contribution >= 4 is 33.3 Å². The molecular formula is C22H25N3O8S. The first-order valence-electron chi connectivity index (χ1n) is 10.5. The van der Waals surface area contributed by atoms with E-state index in [1.807, 2.05) is 13.8 Å². The van der Waals surface area contributed by atoms with Crippen LogP contribution in [0.25, 0.3) is 0 Å². The number of hydrogen-bond donors (Lipinski definition) is 1. The number of amides is 1. The fourth-order valence-corrected chi connectivity index (χ4v) is 4.73. The number of carbonyl (C=O) groups is 2. The van der Waals surface area contributed by atoms with Gasteiger partial charge in [0.1, 0.15) is 0 Å². The van der Waals surface area contributed by atoms with E-state index >= 15 is 0 Å². The van der Waals surface area contributed by atoms with Gasteiger partial charge in [-0.1, -0.05) is 18.2 Å². The minimum atomic E-state index is -4.25. The summed E-state index contributed by atoms with van der Waals surface area (Å²) in [5, 5.41) is 11.0. The molecule has 1 amide bonds. The molecule has 182 valence electrons. The monoisotopic (exact) mass is 491 g/mol. The van der Waals surface area contributed by atoms with Gasteiger partial charge < -0.3 is 14.4 Å². The number of ether oxygens (including phenoxy) is 2. The Kier molecular flexibility index (Phi) is 7.52. The van der Waals surface area contributed by atoms with Crippen LogP contribution in [-0.2, 0) is 24.3 Å². The van der Waals surface area contributed by atoms with Crippen molar-refractivity contribution in [2.24, 2.45) is 0 Å². The van der Waals surface area contributed by atoms with E-state index in [0.29, 0.717) is 13.1 Å². The molecule has 2 aromatic rings. The summed E-state index contributed by atoms with van der Waals surface area (Å²) in [4.78, 5) is 37.1. The largest absolute Gasteiger partial charge is 0.449 e. The average molecular weight is 492 g/mol. The lowest BCUT2D eigenvalue weighted by atomic mass is 10.2. The van der Waals surface area contributed by atoms with Gasteiger partial charge >= 0.3 is 5.97 Å². The molecule has 3 unspecified atom stereocenters. The summed E-state index contributed by atoms with van der Waals surface area (Å²) in [6.45, 7) is 5.86. The molecule has 1 saturated heterocycles. The van der Waals surface area contributed by atoms with Crippen LogP contribution in [0, 0.1) is 10.1 Å². The number of sulfonamides is 1. The molecule has 1 aliphatic rings. The van der Waals surface area contributed by atoms with Gasteiger partial charge in [-0.3, -0.25) is 19.6 Å². The van der Waals surface area contributed by atoms with Crippen molar-refractivity contribution in [2.75, 3.05) is 17.8 Å². The van der Waals surface area contributed by atoms with Crippen LogP contribution in [0.3, 0.4) is 0 Å². The molecule has 1 fully saturated rings. The van der Waals surface area contributed by atoms with E-state index in [-0.39, 0.29) is 34.3 Å². The maximum atomic E-state index is 12.8. The van der Waals surface area contributed by atoms with Gasteiger partial charge in [0.05, 0.1) is 33.3 Å². The van der Waals surface area contributed by atoms with Crippen LogP contribution < -0.4 is 4.72 Å². The minimum absolute atomic E-state index is 0.0905. The van der Waals surface area contributed by atoms with Crippen LogP contribution in [0.5, 0.6) is 0 Å². The molecule has 1 aliphatic heterocycles. The number of hydrogen-bond acceptors (Lipinski definition) is 8. The predicted molar refractivity (Wildman–Crippen MR) is 122 cm³/mol. The fourth-order valence-electron chi connectivity index (χ4n) is 3.61. The van der Waals surface area contributed by atoms with E-state index in [1.54, 1.807) is 4.90 Å². The highest BCUT2D eigenvalue weighted by Gasteiger charge is 2.31. The van der Waals surface area contributed by atoms with Crippen LogP contribution >= 0.6 is 0 Å².